The van der Waals surface area contributed by atoms with Gasteiger partial charge in [0.05, 0.1) is 11.3 Å². The van der Waals surface area contributed by atoms with Crippen molar-refractivity contribution in [1.82, 2.24) is 4.98 Å². The molecular weight excluding hydrogens is 217 g/mol. The molecule has 0 saturated heterocycles. The van der Waals surface area contributed by atoms with Gasteiger partial charge in [-0.1, -0.05) is 18.2 Å². The van der Waals surface area contributed by atoms with E-state index in [1.54, 1.807) is 42.3 Å². The highest BCUT2D eigenvalue weighted by atomic mass is 19.1. The monoisotopic (exact) mass is 227 g/mol. The molecule has 2 rings (SSSR count). The fourth-order valence-electron chi connectivity index (χ4n) is 1.57. The molecule has 2 aromatic rings. The molecule has 17 heavy (non-hydrogen) atoms. The lowest BCUT2D eigenvalue weighted by Gasteiger charge is -2.19. The summed E-state index contributed by atoms with van der Waals surface area (Å²) < 4.78 is 13.0. The number of hydrogen-bond acceptors (Lipinski definition) is 3. The van der Waals surface area contributed by atoms with Gasteiger partial charge in [-0.3, -0.25) is 0 Å². The highest BCUT2D eigenvalue weighted by molar-refractivity contribution is 5.66. The third-order valence-electron chi connectivity index (χ3n) is 2.43. The van der Waals surface area contributed by atoms with Crippen molar-refractivity contribution in [3.8, 4) is 6.07 Å². The summed E-state index contributed by atoms with van der Waals surface area (Å²) in [6, 6.07) is 13.8. The maximum absolute atomic E-state index is 13.0. The van der Waals surface area contributed by atoms with Crippen LogP contribution in [0.2, 0.25) is 0 Å². The maximum Gasteiger partial charge on any atom is 0.214 e. The predicted molar refractivity (Wildman–Crippen MR) is 63.4 cm³/mol. The minimum Gasteiger partial charge on any atom is -0.328 e. The zero-order valence-corrected chi connectivity index (χ0v) is 9.26. The minimum absolute atomic E-state index is 0.465. The van der Waals surface area contributed by atoms with Crippen molar-refractivity contribution in [1.29, 1.82) is 5.26 Å². The quantitative estimate of drug-likeness (QED) is 0.740. The molecule has 0 fully saturated rings. The molecule has 0 aliphatic carbocycles. The number of pyridine rings is 1. The number of rotatable bonds is 2. The number of benzene rings is 1. The Labute approximate surface area is 98.8 Å². The van der Waals surface area contributed by atoms with Crippen LogP contribution in [0.5, 0.6) is 0 Å². The standard InChI is InChI=1S/C13H10FN3/c1-17(13-8-4-7-12(14)16-13)11-6-3-2-5-10(11)9-15/h2-8H,1H3. The second kappa shape index (κ2) is 4.62. The van der Waals surface area contributed by atoms with Crippen LogP contribution in [0.1, 0.15) is 5.56 Å². The molecule has 0 N–H and O–H groups in total. The van der Waals surface area contributed by atoms with Gasteiger partial charge in [0, 0.05) is 7.05 Å². The Kier molecular flexibility index (Phi) is 3.01. The van der Waals surface area contributed by atoms with E-state index >= 15 is 0 Å². The van der Waals surface area contributed by atoms with Gasteiger partial charge in [0.1, 0.15) is 11.9 Å². The number of nitriles is 1. The zero-order chi connectivity index (χ0) is 12.3. The van der Waals surface area contributed by atoms with Crippen molar-refractivity contribution < 1.29 is 4.39 Å². The van der Waals surface area contributed by atoms with Crippen LogP contribution in [0, 0.1) is 17.3 Å². The molecule has 0 aliphatic heterocycles. The van der Waals surface area contributed by atoms with Crippen LogP contribution in [-0.2, 0) is 0 Å². The molecule has 0 unspecified atom stereocenters. The van der Waals surface area contributed by atoms with Gasteiger partial charge in [-0.2, -0.15) is 9.65 Å². The number of nitrogens with zero attached hydrogens (tertiary/aromatic N) is 3. The molecule has 0 spiro atoms. The molecule has 4 heteroatoms. The lowest BCUT2D eigenvalue weighted by Crippen LogP contribution is -2.12. The lowest BCUT2D eigenvalue weighted by molar-refractivity contribution is 0.584. The fourth-order valence-corrected chi connectivity index (χ4v) is 1.57. The topological polar surface area (TPSA) is 39.9 Å². The first kappa shape index (κ1) is 11.1. The molecule has 0 aliphatic rings. The third-order valence-corrected chi connectivity index (χ3v) is 2.43. The van der Waals surface area contributed by atoms with E-state index in [1.807, 2.05) is 6.07 Å². The Hall–Kier alpha value is -2.41. The number of anilines is 2. The van der Waals surface area contributed by atoms with Gasteiger partial charge >= 0.3 is 0 Å². The largest absolute Gasteiger partial charge is 0.328 e. The smallest absolute Gasteiger partial charge is 0.214 e. The summed E-state index contributed by atoms with van der Waals surface area (Å²) in [6.07, 6.45) is 0. The first-order chi connectivity index (χ1) is 8.22. The van der Waals surface area contributed by atoms with E-state index in [0.29, 0.717) is 17.1 Å². The average molecular weight is 227 g/mol. The van der Waals surface area contributed by atoms with E-state index < -0.39 is 5.95 Å². The van der Waals surface area contributed by atoms with Gasteiger partial charge in [-0.25, -0.2) is 4.98 Å². The molecule has 0 amide bonds. The average Bonchev–Trinajstić information content (AvgIpc) is 2.38. The summed E-state index contributed by atoms with van der Waals surface area (Å²) in [7, 11) is 1.75. The van der Waals surface area contributed by atoms with Crippen LogP contribution in [0.25, 0.3) is 0 Å². The maximum atomic E-state index is 13.0. The lowest BCUT2D eigenvalue weighted by atomic mass is 10.2. The predicted octanol–water partition coefficient (Wildman–Crippen LogP) is 2.86. The summed E-state index contributed by atoms with van der Waals surface area (Å²) in [6.45, 7) is 0. The molecule has 1 heterocycles. The van der Waals surface area contributed by atoms with Gasteiger partial charge in [-0.15, -0.1) is 0 Å². The molecule has 0 bridgehead atoms. The second-order valence-electron chi connectivity index (χ2n) is 3.51. The zero-order valence-electron chi connectivity index (χ0n) is 9.26. The van der Waals surface area contributed by atoms with Gasteiger partial charge in [0.15, 0.2) is 0 Å². The van der Waals surface area contributed by atoms with Gasteiger partial charge in [0.25, 0.3) is 0 Å². The van der Waals surface area contributed by atoms with Crippen molar-refractivity contribution >= 4 is 11.5 Å². The van der Waals surface area contributed by atoms with E-state index in [2.05, 4.69) is 11.1 Å². The molecule has 0 atom stereocenters. The number of para-hydroxylation sites is 1. The Bertz CT molecular complexity index is 575. The van der Waals surface area contributed by atoms with Crippen molar-refractivity contribution in [3.05, 3.63) is 54.0 Å². The van der Waals surface area contributed by atoms with E-state index in [-0.39, 0.29) is 0 Å². The van der Waals surface area contributed by atoms with E-state index in [9.17, 15) is 4.39 Å². The number of aromatic nitrogens is 1. The SMILES string of the molecule is CN(c1cccc(F)n1)c1ccccc1C#N. The molecule has 84 valence electrons. The van der Waals surface area contributed by atoms with Crippen LogP contribution in [0.15, 0.2) is 42.5 Å². The first-order valence-corrected chi connectivity index (χ1v) is 5.08. The summed E-state index contributed by atoms with van der Waals surface area (Å²) in [5.41, 5.74) is 1.23. The van der Waals surface area contributed by atoms with Gasteiger partial charge in [0.2, 0.25) is 5.95 Å². The highest BCUT2D eigenvalue weighted by Crippen LogP contribution is 2.24. The van der Waals surface area contributed by atoms with Gasteiger partial charge in [-0.05, 0) is 24.3 Å². The third kappa shape index (κ3) is 2.23. The van der Waals surface area contributed by atoms with Crippen LogP contribution < -0.4 is 4.90 Å². The summed E-state index contributed by atoms with van der Waals surface area (Å²) in [4.78, 5) is 5.46. The van der Waals surface area contributed by atoms with E-state index in [0.717, 1.165) is 0 Å². The van der Waals surface area contributed by atoms with Crippen molar-refractivity contribution in [3.63, 3.8) is 0 Å². The summed E-state index contributed by atoms with van der Waals surface area (Å²) >= 11 is 0. The van der Waals surface area contributed by atoms with Crippen LogP contribution in [-0.4, -0.2) is 12.0 Å². The number of hydrogen-bond donors (Lipinski definition) is 0. The van der Waals surface area contributed by atoms with Crippen LogP contribution in [0.3, 0.4) is 0 Å². The molecular formula is C13H10FN3. The highest BCUT2D eigenvalue weighted by Gasteiger charge is 2.09. The first-order valence-electron chi connectivity index (χ1n) is 5.08. The minimum atomic E-state index is -0.538. The summed E-state index contributed by atoms with van der Waals surface area (Å²) in [5, 5.41) is 9.00. The van der Waals surface area contributed by atoms with Crippen molar-refractivity contribution in [2.24, 2.45) is 0 Å². The van der Waals surface area contributed by atoms with Crippen LogP contribution in [0.4, 0.5) is 15.9 Å². The molecule has 1 aromatic carbocycles. The van der Waals surface area contributed by atoms with Crippen molar-refractivity contribution in [2.75, 3.05) is 11.9 Å². The molecule has 0 radical (unpaired) electrons. The van der Waals surface area contributed by atoms with Gasteiger partial charge < -0.3 is 4.90 Å². The fraction of sp³-hybridized carbons (Fsp3) is 0.0769. The van der Waals surface area contributed by atoms with E-state index in [1.165, 1.54) is 6.07 Å². The summed E-state index contributed by atoms with van der Waals surface area (Å²) in [5.74, 6) is -0.0727. The van der Waals surface area contributed by atoms with Crippen LogP contribution >= 0.6 is 0 Å². The molecule has 0 saturated carbocycles. The normalized spacial score (nSPS) is 9.71. The second-order valence-corrected chi connectivity index (χ2v) is 3.51. The Morgan fingerprint density at radius 3 is 2.65 bits per heavy atom. The molecule has 3 nitrogen and oxygen atoms in total. The van der Waals surface area contributed by atoms with E-state index in [4.69, 9.17) is 5.26 Å². The number of halogens is 1. The Morgan fingerprint density at radius 2 is 1.94 bits per heavy atom. The Balaban J connectivity index is 2.44. The van der Waals surface area contributed by atoms with Crippen molar-refractivity contribution in [2.45, 2.75) is 0 Å². The Morgan fingerprint density at radius 1 is 1.18 bits per heavy atom. The molecule has 1 aromatic heterocycles.